The number of carbonyl (C=O) groups excluding carboxylic acids is 3. The molecule has 3 amide bonds. The van der Waals surface area contributed by atoms with Crippen LogP contribution in [0.2, 0.25) is 0 Å². The number of para-hydroxylation sites is 4. The predicted molar refractivity (Wildman–Crippen MR) is 433 cm³/mol. The maximum absolute atomic E-state index is 13.5. The van der Waals surface area contributed by atoms with Crippen LogP contribution < -0.4 is 5.32 Å². The van der Waals surface area contributed by atoms with Crippen molar-refractivity contribution in [3.05, 3.63) is 303 Å². The van der Waals surface area contributed by atoms with Crippen molar-refractivity contribution in [1.82, 2.24) is 58.9 Å². The lowest BCUT2D eigenvalue weighted by Gasteiger charge is -2.40. The van der Waals surface area contributed by atoms with Gasteiger partial charge in [-0.05, 0) is 124 Å². The van der Waals surface area contributed by atoms with Gasteiger partial charge in [-0.1, -0.05) is 152 Å². The molecule has 3 atom stereocenters. The van der Waals surface area contributed by atoms with E-state index in [9.17, 15) is 32.9 Å². The zero-order valence-corrected chi connectivity index (χ0v) is 64.1. The molecule has 11 aromatic rings. The van der Waals surface area contributed by atoms with Crippen LogP contribution in [0.3, 0.4) is 0 Å². The van der Waals surface area contributed by atoms with Crippen molar-refractivity contribution in [2.75, 3.05) is 118 Å². The third-order valence-electron chi connectivity index (χ3n) is 21.3. The van der Waals surface area contributed by atoms with Gasteiger partial charge in [-0.25, -0.2) is 8.42 Å². The highest BCUT2D eigenvalue weighted by atomic mass is 32.2. The van der Waals surface area contributed by atoms with E-state index in [2.05, 4.69) is 133 Å². The van der Waals surface area contributed by atoms with E-state index in [0.717, 1.165) is 127 Å². The third-order valence-corrected chi connectivity index (χ3v) is 23.2. The van der Waals surface area contributed by atoms with Gasteiger partial charge in [0, 0.05) is 199 Å². The number of fused-ring (bicyclic) bond motifs is 3. The molecule has 0 bridgehead atoms. The van der Waals surface area contributed by atoms with Gasteiger partial charge in [0.05, 0.1) is 39.6 Å². The van der Waals surface area contributed by atoms with Crippen molar-refractivity contribution in [1.29, 1.82) is 0 Å². The number of hydrogen-bond donors (Lipinski definition) is 1. The monoisotopic (exact) mass is 1480 g/mol. The van der Waals surface area contributed by atoms with Crippen molar-refractivity contribution in [3.8, 4) is 0 Å². The number of nitro groups is 1. The molecule has 14 rings (SSSR count). The fourth-order valence-electron chi connectivity index (χ4n) is 15.4. The number of piperazine rings is 3. The first-order valence-corrected chi connectivity index (χ1v) is 39.7. The van der Waals surface area contributed by atoms with Gasteiger partial charge in [-0.3, -0.25) is 59.0 Å². The van der Waals surface area contributed by atoms with Gasteiger partial charge >= 0.3 is 0 Å². The molecule has 6 heterocycles. The van der Waals surface area contributed by atoms with E-state index in [-0.39, 0.29) is 53.8 Å². The summed E-state index contributed by atoms with van der Waals surface area (Å²) in [7, 11) is -4.07. The summed E-state index contributed by atoms with van der Waals surface area (Å²) in [6.45, 7) is 26.1. The summed E-state index contributed by atoms with van der Waals surface area (Å²) >= 11 is 0. The number of sulfonamides is 1. The summed E-state index contributed by atoms with van der Waals surface area (Å²) in [5.74, 6) is 0.162. The van der Waals surface area contributed by atoms with Crippen LogP contribution in [0.4, 0.5) is 5.69 Å². The lowest BCUT2D eigenvalue weighted by molar-refractivity contribution is -0.387. The van der Waals surface area contributed by atoms with E-state index < -0.39 is 20.6 Å². The quantitative estimate of drug-likeness (QED) is 0.0467. The molecule has 564 valence electrons. The number of benzene rings is 8. The van der Waals surface area contributed by atoms with E-state index >= 15 is 0 Å². The van der Waals surface area contributed by atoms with Crippen LogP contribution in [-0.4, -0.2) is 202 Å². The number of aromatic nitrogens is 3. The first-order chi connectivity index (χ1) is 53.2. The van der Waals surface area contributed by atoms with Crippen LogP contribution in [0, 0.1) is 10.1 Å². The highest BCUT2D eigenvalue weighted by Gasteiger charge is 2.37. The van der Waals surface area contributed by atoms with Crippen molar-refractivity contribution in [3.63, 3.8) is 0 Å². The summed E-state index contributed by atoms with van der Waals surface area (Å²) in [4.78, 5) is 78.7. The number of nitrogens with one attached hydrogen (secondary N) is 1. The van der Waals surface area contributed by atoms with Gasteiger partial charge in [0.15, 0.2) is 4.90 Å². The minimum atomic E-state index is -4.07. The van der Waals surface area contributed by atoms with E-state index in [1.807, 2.05) is 155 Å². The van der Waals surface area contributed by atoms with Crippen molar-refractivity contribution >= 4 is 66.1 Å². The molecule has 3 fully saturated rings. The molecular weight excluding hydrogens is 1380 g/mol. The molecule has 0 saturated carbocycles. The number of nitro benzene ring substituents is 1. The molecule has 0 aliphatic carbocycles. The van der Waals surface area contributed by atoms with Crippen LogP contribution >= 0.6 is 0 Å². The van der Waals surface area contributed by atoms with Crippen LogP contribution in [0.15, 0.2) is 242 Å². The highest BCUT2D eigenvalue weighted by Crippen LogP contribution is 2.39. The Morgan fingerprint density at radius 2 is 0.752 bits per heavy atom. The minimum absolute atomic E-state index is 0.0243. The maximum Gasteiger partial charge on any atom is 0.289 e. The Balaban J connectivity index is 0.000000154. The van der Waals surface area contributed by atoms with Gasteiger partial charge in [-0.15, -0.1) is 0 Å². The highest BCUT2D eigenvalue weighted by molar-refractivity contribution is 7.89. The fourth-order valence-corrected chi connectivity index (χ4v) is 17.0. The van der Waals surface area contributed by atoms with Crippen molar-refractivity contribution in [2.45, 2.75) is 71.1 Å². The van der Waals surface area contributed by atoms with E-state index in [0.29, 0.717) is 44.8 Å². The first-order valence-electron chi connectivity index (χ1n) is 38.3. The van der Waals surface area contributed by atoms with E-state index in [1.165, 1.54) is 56.4 Å². The molecule has 8 aromatic carbocycles. The summed E-state index contributed by atoms with van der Waals surface area (Å²) in [6, 6.07) is 71.2. The Kier molecular flexibility index (Phi) is 26.6. The van der Waals surface area contributed by atoms with Gasteiger partial charge in [-0.2, -0.15) is 4.31 Å². The number of rotatable bonds is 23. The Morgan fingerprint density at radius 3 is 1.12 bits per heavy atom. The van der Waals surface area contributed by atoms with Crippen LogP contribution in [0.5, 0.6) is 0 Å². The predicted octanol–water partition coefficient (Wildman–Crippen LogP) is 14.1. The first kappa shape index (κ1) is 78.1. The topological polar surface area (TPSA) is 205 Å². The largest absolute Gasteiger partial charge is 0.339 e. The molecule has 21 heteroatoms. The standard InChI is InChI=1S/C32H36N4O.C31H33N5O5S.C25H30N4O/c1-3-35(4-2)32(37)28-17-15-27(16-18-28)31(29-14-8-12-26-13-9-19-33-30(26)29)36-22-20-34(21-23-36)24-25-10-6-5-7-11-25;1-3-33(4-2)31(37)25-16-14-24(15-17-25)30(26-11-7-9-23-10-8-18-32-29(23)26)34-19-21-35(22-20-34)42(40,41)28-13-6-5-12-27(28)36(38)39;1-3-28(4-2)25(30)21-12-10-20(11-13-21)24(29-17-15-26-16-18-29)22-9-5-7-19-8-6-14-27-23(19)22/h5-19,31H,3-4,20-24H2,1-2H3;5-18,30H,3-4,19-22H2,1-2H3;5-14,24,26H,3-4,15-18H2,1-2H3. The number of carbonyl (C=O) groups is 3. The fraction of sp³-hybridized carbons (Fsp3) is 0.318. The smallest absolute Gasteiger partial charge is 0.289 e. The molecular formula is C88H99N13O7S. The van der Waals surface area contributed by atoms with Crippen LogP contribution in [0.25, 0.3) is 32.7 Å². The van der Waals surface area contributed by atoms with Crippen molar-refractivity contribution in [2.24, 2.45) is 0 Å². The van der Waals surface area contributed by atoms with Gasteiger partial charge in [0.25, 0.3) is 23.4 Å². The Hall–Kier alpha value is -10.5. The second kappa shape index (κ2) is 37.1. The molecule has 109 heavy (non-hydrogen) atoms. The maximum atomic E-state index is 13.5. The molecule has 3 aromatic heterocycles. The second-order valence-corrected chi connectivity index (χ2v) is 29.4. The summed E-state index contributed by atoms with van der Waals surface area (Å²) < 4.78 is 28.2. The number of hydrogen-bond acceptors (Lipinski definition) is 15. The normalized spacial score (nSPS) is 15.5. The average molecular weight is 1480 g/mol. The number of amides is 3. The summed E-state index contributed by atoms with van der Waals surface area (Å²) in [5, 5.41) is 18.3. The molecule has 0 spiro atoms. The minimum Gasteiger partial charge on any atom is -0.339 e. The van der Waals surface area contributed by atoms with Gasteiger partial charge < -0.3 is 20.0 Å². The Morgan fingerprint density at radius 1 is 0.413 bits per heavy atom. The van der Waals surface area contributed by atoms with Crippen molar-refractivity contribution < 1.29 is 27.7 Å². The molecule has 3 aliphatic heterocycles. The molecule has 0 radical (unpaired) electrons. The van der Waals surface area contributed by atoms with E-state index in [1.54, 1.807) is 11.1 Å². The zero-order chi connectivity index (χ0) is 76.4. The lowest BCUT2D eigenvalue weighted by atomic mass is 9.93. The third kappa shape index (κ3) is 18.1. The molecule has 20 nitrogen and oxygen atoms in total. The van der Waals surface area contributed by atoms with Crippen LogP contribution in [0.1, 0.15) is 130 Å². The number of nitrogens with zero attached hydrogens (tertiary/aromatic N) is 12. The summed E-state index contributed by atoms with van der Waals surface area (Å²) in [6.07, 6.45) is 5.51. The second-order valence-electron chi connectivity index (χ2n) is 27.5. The summed E-state index contributed by atoms with van der Waals surface area (Å²) in [5.41, 5.74) is 12.8. The van der Waals surface area contributed by atoms with Gasteiger partial charge in [0.2, 0.25) is 10.0 Å². The zero-order valence-electron chi connectivity index (χ0n) is 63.3. The van der Waals surface area contributed by atoms with Crippen LogP contribution in [-0.2, 0) is 16.6 Å². The Bertz CT molecular complexity index is 4970. The lowest BCUT2D eigenvalue weighted by Crippen LogP contribution is -2.49. The Labute approximate surface area is 640 Å². The molecule has 1 N–H and O–H groups in total. The SMILES string of the molecule is CCN(CC)C(=O)c1ccc(C(c2cccc3cccnc23)N2CCN(Cc3ccccc3)CC2)cc1.CCN(CC)C(=O)c1ccc(C(c2cccc3cccnc23)N2CCN(S(=O)(=O)c3ccccc3[N+](=O)[O-])CC2)cc1.CCN(CC)C(=O)c1ccc(C(c2cccc3cccnc23)N2CCNCC2)cc1. The average Bonchev–Trinajstić information content (AvgIpc) is 0.785. The number of pyridine rings is 3. The van der Waals surface area contributed by atoms with E-state index in [4.69, 9.17) is 9.97 Å². The molecule has 3 unspecified atom stereocenters. The molecule has 3 aliphatic rings. The van der Waals surface area contributed by atoms with Gasteiger partial charge in [0.1, 0.15) is 0 Å². The molecule has 3 saturated heterocycles.